The monoisotopic (exact) mass is 263 g/mol. The Morgan fingerprint density at radius 2 is 1.60 bits per heavy atom. The molecule has 0 aliphatic carbocycles. The van der Waals surface area contributed by atoms with Crippen LogP contribution in [0.5, 0.6) is 0 Å². The molecule has 1 unspecified atom stereocenters. The van der Waals surface area contributed by atoms with E-state index < -0.39 is 0 Å². The molecule has 0 saturated heterocycles. The minimum absolute atomic E-state index is 0.0673. The number of hydrogen-bond donors (Lipinski definition) is 2. The van der Waals surface area contributed by atoms with E-state index in [0.717, 1.165) is 23.4 Å². The van der Waals surface area contributed by atoms with E-state index in [1.54, 1.807) is 0 Å². The van der Waals surface area contributed by atoms with E-state index in [2.05, 4.69) is 22.3 Å². The van der Waals surface area contributed by atoms with Crippen LogP contribution in [0.2, 0.25) is 0 Å². The van der Waals surface area contributed by atoms with Crippen molar-refractivity contribution in [2.45, 2.75) is 12.5 Å². The van der Waals surface area contributed by atoms with Crippen LogP contribution in [-0.2, 0) is 6.42 Å². The molecular formula is C17H17N3. The van der Waals surface area contributed by atoms with Gasteiger partial charge in [-0.15, -0.1) is 0 Å². The fraction of sp³-hybridized carbons (Fsp3) is 0.118. The van der Waals surface area contributed by atoms with E-state index in [4.69, 9.17) is 5.73 Å². The van der Waals surface area contributed by atoms with Crippen molar-refractivity contribution in [3.05, 3.63) is 78.0 Å². The Morgan fingerprint density at radius 1 is 0.950 bits per heavy atom. The number of nitrogens with one attached hydrogen (secondary N) is 1. The van der Waals surface area contributed by atoms with Gasteiger partial charge in [-0.1, -0.05) is 60.7 Å². The first-order valence-electron chi connectivity index (χ1n) is 6.73. The maximum Gasteiger partial charge on any atom is 0.0924 e. The summed E-state index contributed by atoms with van der Waals surface area (Å²) >= 11 is 0. The van der Waals surface area contributed by atoms with Crippen LogP contribution in [0.15, 0.2) is 66.7 Å². The molecule has 0 spiro atoms. The molecular weight excluding hydrogens is 246 g/mol. The van der Waals surface area contributed by atoms with Crippen molar-refractivity contribution in [3.8, 4) is 11.3 Å². The van der Waals surface area contributed by atoms with E-state index in [1.165, 1.54) is 5.56 Å². The van der Waals surface area contributed by atoms with Crippen LogP contribution in [0.1, 0.15) is 17.3 Å². The Bertz CT molecular complexity index is 659. The van der Waals surface area contributed by atoms with Crippen LogP contribution >= 0.6 is 0 Å². The lowest BCUT2D eigenvalue weighted by Gasteiger charge is -2.08. The normalized spacial score (nSPS) is 12.2. The number of aromatic amines is 1. The summed E-state index contributed by atoms with van der Waals surface area (Å²) in [4.78, 5) is 0. The largest absolute Gasteiger partial charge is 0.322 e. The van der Waals surface area contributed by atoms with Gasteiger partial charge < -0.3 is 5.73 Å². The topological polar surface area (TPSA) is 54.7 Å². The number of hydrogen-bond acceptors (Lipinski definition) is 2. The van der Waals surface area contributed by atoms with Gasteiger partial charge in [0.25, 0.3) is 0 Å². The lowest BCUT2D eigenvalue weighted by atomic mass is 10.0. The SMILES string of the molecule is NC(Cc1ccccc1)c1cc(-c2ccccc2)n[nH]1. The van der Waals surface area contributed by atoms with Crippen LogP contribution in [0.3, 0.4) is 0 Å². The number of rotatable bonds is 4. The third kappa shape index (κ3) is 2.78. The molecule has 3 nitrogen and oxygen atoms in total. The molecule has 2 aromatic carbocycles. The third-order valence-corrected chi connectivity index (χ3v) is 3.37. The smallest absolute Gasteiger partial charge is 0.0924 e. The first-order chi connectivity index (χ1) is 9.83. The molecule has 0 fully saturated rings. The van der Waals surface area contributed by atoms with Crippen molar-refractivity contribution in [3.63, 3.8) is 0 Å². The first kappa shape index (κ1) is 12.6. The van der Waals surface area contributed by atoms with Crippen LogP contribution in [0.4, 0.5) is 0 Å². The highest BCUT2D eigenvalue weighted by molar-refractivity contribution is 5.59. The third-order valence-electron chi connectivity index (χ3n) is 3.37. The van der Waals surface area contributed by atoms with Crippen LogP contribution < -0.4 is 5.73 Å². The summed E-state index contributed by atoms with van der Waals surface area (Å²) in [6.45, 7) is 0. The molecule has 0 bridgehead atoms. The van der Waals surface area contributed by atoms with Crippen LogP contribution in [0.25, 0.3) is 11.3 Å². The Balaban J connectivity index is 1.77. The van der Waals surface area contributed by atoms with Crippen LogP contribution in [0, 0.1) is 0 Å². The lowest BCUT2D eigenvalue weighted by molar-refractivity contribution is 0.692. The molecule has 0 amide bonds. The predicted octanol–water partition coefficient (Wildman–Crippen LogP) is 3.32. The fourth-order valence-corrected chi connectivity index (χ4v) is 2.26. The molecule has 1 aromatic heterocycles. The van der Waals surface area contributed by atoms with Crippen molar-refractivity contribution in [1.82, 2.24) is 10.2 Å². The van der Waals surface area contributed by atoms with Gasteiger partial charge in [0.1, 0.15) is 0 Å². The molecule has 3 aromatic rings. The van der Waals surface area contributed by atoms with Gasteiger partial charge in [-0.3, -0.25) is 5.10 Å². The number of benzene rings is 2. The number of H-pyrrole nitrogens is 1. The first-order valence-corrected chi connectivity index (χ1v) is 6.73. The average Bonchev–Trinajstić information content (AvgIpc) is 2.99. The van der Waals surface area contributed by atoms with E-state index >= 15 is 0 Å². The average molecular weight is 263 g/mol. The minimum Gasteiger partial charge on any atom is -0.322 e. The second-order valence-electron chi connectivity index (χ2n) is 4.87. The van der Waals surface area contributed by atoms with E-state index in [-0.39, 0.29) is 6.04 Å². The van der Waals surface area contributed by atoms with Crippen molar-refractivity contribution in [2.24, 2.45) is 5.73 Å². The summed E-state index contributed by atoms with van der Waals surface area (Å²) < 4.78 is 0. The highest BCUT2D eigenvalue weighted by atomic mass is 15.1. The summed E-state index contributed by atoms with van der Waals surface area (Å²) in [5.41, 5.74) is 10.5. The highest BCUT2D eigenvalue weighted by Crippen LogP contribution is 2.21. The zero-order valence-corrected chi connectivity index (χ0v) is 11.2. The van der Waals surface area contributed by atoms with Gasteiger partial charge in [-0.05, 0) is 18.1 Å². The van der Waals surface area contributed by atoms with E-state index in [1.807, 2.05) is 54.6 Å². The molecule has 0 aliphatic rings. The molecule has 1 atom stereocenters. The molecule has 3 rings (SSSR count). The Hall–Kier alpha value is -2.39. The second-order valence-corrected chi connectivity index (χ2v) is 4.87. The number of nitrogens with zero attached hydrogens (tertiary/aromatic N) is 1. The minimum atomic E-state index is -0.0673. The molecule has 3 N–H and O–H groups in total. The Morgan fingerprint density at radius 3 is 2.30 bits per heavy atom. The molecule has 0 aliphatic heterocycles. The van der Waals surface area contributed by atoms with E-state index in [9.17, 15) is 0 Å². The summed E-state index contributed by atoms with van der Waals surface area (Å²) in [5, 5.41) is 7.39. The molecule has 20 heavy (non-hydrogen) atoms. The molecule has 0 radical (unpaired) electrons. The summed E-state index contributed by atoms with van der Waals surface area (Å²) in [6.07, 6.45) is 0.803. The maximum atomic E-state index is 6.25. The molecule has 3 heteroatoms. The fourth-order valence-electron chi connectivity index (χ4n) is 2.26. The quantitative estimate of drug-likeness (QED) is 0.758. The molecule has 100 valence electrons. The second kappa shape index (κ2) is 5.72. The summed E-state index contributed by atoms with van der Waals surface area (Å²) in [6, 6.07) is 22.3. The maximum absolute atomic E-state index is 6.25. The van der Waals surface area contributed by atoms with Gasteiger partial charge in [0.2, 0.25) is 0 Å². The predicted molar refractivity (Wildman–Crippen MR) is 81.1 cm³/mol. The van der Waals surface area contributed by atoms with Gasteiger partial charge >= 0.3 is 0 Å². The zero-order chi connectivity index (χ0) is 13.8. The zero-order valence-electron chi connectivity index (χ0n) is 11.2. The van der Waals surface area contributed by atoms with Gasteiger partial charge in [0.05, 0.1) is 17.4 Å². The van der Waals surface area contributed by atoms with Gasteiger partial charge in [0, 0.05) is 5.56 Å². The van der Waals surface area contributed by atoms with Gasteiger partial charge in [-0.2, -0.15) is 5.10 Å². The van der Waals surface area contributed by atoms with Crippen LogP contribution in [-0.4, -0.2) is 10.2 Å². The van der Waals surface area contributed by atoms with Gasteiger partial charge in [0.15, 0.2) is 0 Å². The van der Waals surface area contributed by atoms with Crippen molar-refractivity contribution in [2.75, 3.05) is 0 Å². The van der Waals surface area contributed by atoms with Crippen molar-refractivity contribution in [1.29, 1.82) is 0 Å². The lowest BCUT2D eigenvalue weighted by Crippen LogP contribution is -2.13. The summed E-state index contributed by atoms with van der Waals surface area (Å²) in [7, 11) is 0. The highest BCUT2D eigenvalue weighted by Gasteiger charge is 2.11. The molecule has 0 saturated carbocycles. The van der Waals surface area contributed by atoms with Crippen molar-refractivity contribution >= 4 is 0 Å². The standard InChI is InChI=1S/C17H17N3/c18-15(11-13-7-3-1-4-8-13)17-12-16(19-20-17)14-9-5-2-6-10-14/h1-10,12,15H,11,18H2,(H,19,20). The number of nitrogens with two attached hydrogens (primary N) is 1. The summed E-state index contributed by atoms with van der Waals surface area (Å²) in [5.74, 6) is 0. The Kier molecular flexibility index (Phi) is 3.61. The van der Waals surface area contributed by atoms with Gasteiger partial charge in [-0.25, -0.2) is 0 Å². The van der Waals surface area contributed by atoms with Crippen molar-refractivity contribution < 1.29 is 0 Å². The Labute approximate surface area is 118 Å². The molecule has 1 heterocycles. The van der Waals surface area contributed by atoms with E-state index in [0.29, 0.717) is 0 Å². The number of aromatic nitrogens is 2.